The summed E-state index contributed by atoms with van der Waals surface area (Å²) < 4.78 is 0. The topological polar surface area (TPSA) is 101 Å². The summed E-state index contributed by atoms with van der Waals surface area (Å²) in [5.74, 6) is -0.635. The normalized spacial score (nSPS) is 10.5. The molecule has 0 atom stereocenters. The molecule has 0 aromatic heterocycles. The predicted octanol–water partition coefficient (Wildman–Crippen LogP) is 4.92. The minimum absolute atomic E-state index is 0.166. The van der Waals surface area contributed by atoms with Gasteiger partial charge in [-0.25, -0.2) is 0 Å². The van der Waals surface area contributed by atoms with E-state index in [-0.39, 0.29) is 17.6 Å². The maximum absolute atomic E-state index is 12.6. The van der Waals surface area contributed by atoms with Crippen LogP contribution in [0.25, 0.3) is 10.8 Å². The fourth-order valence-corrected chi connectivity index (χ4v) is 3.93. The number of anilines is 2. The lowest BCUT2D eigenvalue weighted by Crippen LogP contribution is -2.15. The summed E-state index contributed by atoms with van der Waals surface area (Å²) in [5.41, 5.74) is 7.46. The van der Waals surface area contributed by atoms with E-state index in [1.807, 2.05) is 66.7 Å². The third kappa shape index (κ3) is 5.78. The molecule has 4 N–H and O–H groups in total. The highest BCUT2D eigenvalue weighted by Gasteiger charge is 2.08. The number of hydrogen-bond donors (Lipinski definition) is 3. The number of fused-ring (bicyclic) bond motifs is 1. The lowest BCUT2D eigenvalue weighted by Gasteiger charge is -2.08. The highest BCUT2D eigenvalue weighted by atomic mass is 32.2. The van der Waals surface area contributed by atoms with Gasteiger partial charge in [0.2, 0.25) is 11.8 Å². The van der Waals surface area contributed by atoms with Gasteiger partial charge >= 0.3 is 0 Å². The Bertz CT molecular complexity index is 1320. The number of thioether (sulfide) groups is 1. The predicted molar refractivity (Wildman–Crippen MR) is 133 cm³/mol. The molecule has 6 nitrogen and oxygen atoms in total. The molecule has 0 heterocycles. The van der Waals surface area contributed by atoms with E-state index in [4.69, 9.17) is 5.73 Å². The summed E-state index contributed by atoms with van der Waals surface area (Å²) in [5, 5.41) is 7.78. The van der Waals surface area contributed by atoms with Crippen LogP contribution in [0.1, 0.15) is 20.7 Å². The van der Waals surface area contributed by atoms with Crippen molar-refractivity contribution in [2.75, 3.05) is 16.4 Å². The lowest BCUT2D eigenvalue weighted by atomic mass is 10.1. The Morgan fingerprint density at radius 3 is 2.00 bits per heavy atom. The Morgan fingerprint density at radius 2 is 1.30 bits per heavy atom. The van der Waals surface area contributed by atoms with Crippen LogP contribution in [0.15, 0.2) is 95.9 Å². The van der Waals surface area contributed by atoms with Crippen molar-refractivity contribution in [3.8, 4) is 0 Å². The van der Waals surface area contributed by atoms with Gasteiger partial charge in [-0.05, 0) is 71.4 Å². The fourth-order valence-electron chi connectivity index (χ4n) is 3.23. The smallest absolute Gasteiger partial charge is 0.255 e. The van der Waals surface area contributed by atoms with Gasteiger partial charge in [0.15, 0.2) is 0 Å². The number of carbonyl (C=O) groups excluding carboxylic acids is 3. The first-order valence-electron chi connectivity index (χ1n) is 10.2. The number of amides is 3. The Hall–Kier alpha value is -4.10. The lowest BCUT2D eigenvalue weighted by molar-refractivity contribution is -0.113. The van der Waals surface area contributed by atoms with Crippen LogP contribution in [-0.4, -0.2) is 23.5 Å². The molecular formula is C26H21N3O3S. The minimum atomic E-state index is -0.514. The number of primary amides is 1. The molecule has 7 heteroatoms. The summed E-state index contributed by atoms with van der Waals surface area (Å²) in [7, 11) is 0. The number of carbonyl (C=O) groups is 3. The molecule has 0 saturated carbocycles. The molecule has 0 aliphatic carbocycles. The molecule has 0 unspecified atom stereocenters. The van der Waals surface area contributed by atoms with Crippen LogP contribution in [0.2, 0.25) is 0 Å². The van der Waals surface area contributed by atoms with E-state index < -0.39 is 5.91 Å². The van der Waals surface area contributed by atoms with Gasteiger partial charge in [0.05, 0.1) is 5.75 Å². The minimum Gasteiger partial charge on any atom is -0.366 e. The molecule has 33 heavy (non-hydrogen) atoms. The Labute approximate surface area is 195 Å². The van der Waals surface area contributed by atoms with E-state index in [9.17, 15) is 14.4 Å². The standard InChI is InChI=1S/C26H21N3O3S/c27-25(31)18-7-9-21(10-8-18)28-24(30)16-33-23-13-11-22(12-14-23)29-26(32)20-6-5-17-3-1-2-4-19(17)15-20/h1-15H,16H2,(H2,27,31)(H,28,30)(H,29,32). The van der Waals surface area contributed by atoms with Crippen LogP contribution >= 0.6 is 11.8 Å². The number of nitrogens with two attached hydrogens (primary N) is 1. The number of hydrogen-bond acceptors (Lipinski definition) is 4. The maximum atomic E-state index is 12.6. The molecule has 4 aromatic rings. The van der Waals surface area contributed by atoms with Crippen LogP contribution < -0.4 is 16.4 Å². The molecule has 0 saturated heterocycles. The molecular weight excluding hydrogens is 434 g/mol. The van der Waals surface area contributed by atoms with Gasteiger partial charge < -0.3 is 16.4 Å². The number of nitrogens with one attached hydrogen (secondary N) is 2. The van der Waals surface area contributed by atoms with Crippen molar-refractivity contribution >= 4 is 51.6 Å². The van der Waals surface area contributed by atoms with Gasteiger partial charge in [-0.3, -0.25) is 14.4 Å². The molecule has 4 aromatic carbocycles. The Kier molecular flexibility index (Phi) is 6.71. The van der Waals surface area contributed by atoms with Crippen LogP contribution in [0, 0.1) is 0 Å². The zero-order valence-corrected chi connectivity index (χ0v) is 18.4. The average Bonchev–Trinajstić information content (AvgIpc) is 2.83. The highest BCUT2D eigenvalue weighted by Crippen LogP contribution is 2.22. The van der Waals surface area contributed by atoms with Crippen LogP contribution in [0.5, 0.6) is 0 Å². The van der Waals surface area contributed by atoms with Crippen LogP contribution in [0.3, 0.4) is 0 Å². The molecule has 164 valence electrons. The number of rotatable bonds is 7. The summed E-state index contributed by atoms with van der Waals surface area (Å²) in [6.45, 7) is 0. The Balaban J connectivity index is 1.29. The molecule has 4 rings (SSSR count). The summed E-state index contributed by atoms with van der Waals surface area (Å²) in [4.78, 5) is 36.8. The van der Waals surface area contributed by atoms with E-state index >= 15 is 0 Å². The van der Waals surface area contributed by atoms with Crippen LogP contribution in [0.4, 0.5) is 11.4 Å². The zero-order valence-electron chi connectivity index (χ0n) is 17.6. The Morgan fingerprint density at radius 1 is 0.697 bits per heavy atom. The van der Waals surface area contributed by atoms with Crippen molar-refractivity contribution < 1.29 is 14.4 Å². The van der Waals surface area contributed by atoms with Gasteiger partial charge in [0, 0.05) is 27.4 Å². The third-order valence-corrected chi connectivity index (χ3v) is 5.96. The van der Waals surface area contributed by atoms with Crippen molar-refractivity contribution in [3.63, 3.8) is 0 Å². The SMILES string of the molecule is NC(=O)c1ccc(NC(=O)CSc2ccc(NC(=O)c3ccc4ccccc4c3)cc2)cc1. The average molecular weight is 456 g/mol. The first-order chi connectivity index (χ1) is 16.0. The molecule has 0 radical (unpaired) electrons. The van der Waals surface area contributed by atoms with Gasteiger partial charge in [0.25, 0.3) is 5.91 Å². The summed E-state index contributed by atoms with van der Waals surface area (Å²) >= 11 is 1.38. The molecule has 0 bridgehead atoms. The third-order valence-electron chi connectivity index (χ3n) is 4.95. The second-order valence-electron chi connectivity index (χ2n) is 7.32. The van der Waals surface area contributed by atoms with Gasteiger partial charge in [-0.15, -0.1) is 11.8 Å². The second kappa shape index (κ2) is 10.0. The molecule has 0 aliphatic heterocycles. The first-order valence-corrected chi connectivity index (χ1v) is 11.2. The van der Waals surface area contributed by atoms with Gasteiger partial charge in [-0.1, -0.05) is 30.3 Å². The quantitative estimate of drug-likeness (QED) is 0.344. The van der Waals surface area contributed by atoms with E-state index in [0.29, 0.717) is 22.5 Å². The van der Waals surface area contributed by atoms with Gasteiger partial charge in [0.1, 0.15) is 0 Å². The molecule has 0 aliphatic rings. The van der Waals surface area contributed by atoms with Crippen LogP contribution in [-0.2, 0) is 4.79 Å². The van der Waals surface area contributed by atoms with Crippen molar-refractivity contribution in [3.05, 3.63) is 102 Å². The molecule has 0 spiro atoms. The van der Waals surface area contributed by atoms with E-state index in [1.54, 1.807) is 24.3 Å². The maximum Gasteiger partial charge on any atom is 0.255 e. The van der Waals surface area contributed by atoms with Crippen molar-refractivity contribution in [2.24, 2.45) is 5.73 Å². The van der Waals surface area contributed by atoms with E-state index in [0.717, 1.165) is 15.7 Å². The second-order valence-corrected chi connectivity index (χ2v) is 8.37. The molecule has 0 fully saturated rings. The van der Waals surface area contributed by atoms with Crippen molar-refractivity contribution in [2.45, 2.75) is 4.90 Å². The summed E-state index contributed by atoms with van der Waals surface area (Å²) in [6.07, 6.45) is 0. The monoisotopic (exact) mass is 455 g/mol. The van der Waals surface area contributed by atoms with E-state index in [1.165, 1.54) is 11.8 Å². The highest BCUT2D eigenvalue weighted by molar-refractivity contribution is 8.00. The number of benzene rings is 4. The molecule has 3 amide bonds. The van der Waals surface area contributed by atoms with Crippen molar-refractivity contribution in [1.29, 1.82) is 0 Å². The van der Waals surface area contributed by atoms with E-state index in [2.05, 4.69) is 10.6 Å². The van der Waals surface area contributed by atoms with Gasteiger partial charge in [-0.2, -0.15) is 0 Å². The summed E-state index contributed by atoms with van der Waals surface area (Å²) in [6, 6.07) is 27.2. The zero-order chi connectivity index (χ0) is 23.2. The largest absolute Gasteiger partial charge is 0.366 e. The van der Waals surface area contributed by atoms with Crippen molar-refractivity contribution in [1.82, 2.24) is 0 Å². The first kappa shape index (κ1) is 22.1. The fraction of sp³-hybridized carbons (Fsp3) is 0.0385.